The predicted molar refractivity (Wildman–Crippen MR) is 120 cm³/mol. The second-order valence-corrected chi connectivity index (χ2v) is 9.52. The number of anilines is 1. The van der Waals surface area contributed by atoms with Gasteiger partial charge in [0.05, 0.1) is 10.7 Å². The number of hydroxylamine groups is 1. The van der Waals surface area contributed by atoms with Crippen LogP contribution in [0, 0.1) is 11.3 Å². The molecular weight excluding hydrogens is 420 g/mol. The molecule has 4 amide bonds. The number of benzene rings is 1. The molecule has 0 spiro atoms. The number of carbonyl (C=O) groups is 3. The number of urea groups is 1. The van der Waals surface area contributed by atoms with Crippen molar-refractivity contribution in [3.8, 4) is 0 Å². The van der Waals surface area contributed by atoms with Crippen molar-refractivity contribution >= 4 is 35.1 Å². The van der Waals surface area contributed by atoms with Crippen LogP contribution in [0.2, 0.25) is 5.02 Å². The van der Waals surface area contributed by atoms with Gasteiger partial charge in [0.1, 0.15) is 12.6 Å². The molecule has 1 unspecified atom stereocenters. The molecule has 2 rings (SSSR count). The van der Waals surface area contributed by atoms with E-state index in [0.717, 1.165) is 19.3 Å². The minimum Gasteiger partial charge on any atom is -0.331 e. The van der Waals surface area contributed by atoms with E-state index in [1.807, 2.05) is 20.8 Å². The Morgan fingerprint density at radius 1 is 1.19 bits per heavy atom. The highest BCUT2D eigenvalue weighted by Crippen LogP contribution is 2.28. The van der Waals surface area contributed by atoms with E-state index in [1.165, 1.54) is 17.7 Å². The summed E-state index contributed by atoms with van der Waals surface area (Å²) in [6, 6.07) is 5.36. The van der Waals surface area contributed by atoms with Gasteiger partial charge in [-0.3, -0.25) is 14.8 Å². The molecule has 0 radical (unpaired) electrons. The molecule has 172 valence electrons. The van der Waals surface area contributed by atoms with E-state index in [9.17, 15) is 14.4 Å². The largest absolute Gasteiger partial charge is 0.331 e. The maximum absolute atomic E-state index is 13.4. The van der Waals surface area contributed by atoms with E-state index in [1.54, 1.807) is 29.7 Å². The van der Waals surface area contributed by atoms with Crippen LogP contribution < -0.4 is 16.1 Å². The van der Waals surface area contributed by atoms with Crippen molar-refractivity contribution in [2.24, 2.45) is 11.3 Å². The van der Waals surface area contributed by atoms with Gasteiger partial charge in [-0.1, -0.05) is 70.2 Å². The molecule has 1 aromatic carbocycles. The van der Waals surface area contributed by atoms with Gasteiger partial charge in [-0.25, -0.2) is 10.3 Å². The number of amides is 4. The fourth-order valence-corrected chi connectivity index (χ4v) is 3.98. The zero-order chi connectivity index (χ0) is 23.0. The van der Waals surface area contributed by atoms with E-state index in [0.29, 0.717) is 23.2 Å². The van der Waals surface area contributed by atoms with E-state index in [-0.39, 0.29) is 12.5 Å². The summed E-state index contributed by atoms with van der Waals surface area (Å²) in [5.74, 6) is -0.520. The Balaban J connectivity index is 2.13. The molecule has 0 bridgehead atoms. The molecule has 8 nitrogen and oxygen atoms in total. The standard InChI is InChI=1S/C22H33ClN4O4/c1-22(2,3)19(25-21(30)24-17-11-7-6-10-16(17)23)20(29)27(14-18(28)26-31)13-12-15-8-4-5-9-15/h6-7,10-11,15,19,31H,4-5,8-9,12-14H2,1-3H3,(H,26,28)(H2,24,25,30). The number of nitrogens with one attached hydrogen (secondary N) is 3. The van der Waals surface area contributed by atoms with Gasteiger partial charge in [-0.05, 0) is 29.9 Å². The Bertz CT molecular complexity index is 775. The first-order valence-corrected chi connectivity index (χ1v) is 11.0. The first-order chi connectivity index (χ1) is 14.6. The van der Waals surface area contributed by atoms with Crippen molar-refractivity contribution < 1.29 is 19.6 Å². The van der Waals surface area contributed by atoms with Crippen LogP contribution >= 0.6 is 11.6 Å². The second-order valence-electron chi connectivity index (χ2n) is 9.11. The normalized spacial score (nSPS) is 15.3. The summed E-state index contributed by atoms with van der Waals surface area (Å²) in [4.78, 5) is 39.3. The summed E-state index contributed by atoms with van der Waals surface area (Å²) in [6.45, 7) is 5.63. The van der Waals surface area contributed by atoms with Crippen LogP contribution in [0.15, 0.2) is 24.3 Å². The van der Waals surface area contributed by atoms with Crippen molar-refractivity contribution in [3.05, 3.63) is 29.3 Å². The highest BCUT2D eigenvalue weighted by Gasteiger charge is 2.36. The van der Waals surface area contributed by atoms with Crippen LogP contribution in [-0.4, -0.2) is 47.1 Å². The number of rotatable bonds is 8. The molecule has 0 aromatic heterocycles. The number of hydrogen-bond donors (Lipinski definition) is 4. The smallest absolute Gasteiger partial charge is 0.319 e. The Morgan fingerprint density at radius 3 is 2.42 bits per heavy atom. The third-order valence-electron chi connectivity index (χ3n) is 5.56. The van der Waals surface area contributed by atoms with Gasteiger partial charge in [-0.2, -0.15) is 0 Å². The second kappa shape index (κ2) is 11.3. The van der Waals surface area contributed by atoms with Gasteiger partial charge in [0, 0.05) is 6.54 Å². The lowest BCUT2D eigenvalue weighted by molar-refractivity contribution is -0.142. The first-order valence-electron chi connectivity index (χ1n) is 10.7. The van der Waals surface area contributed by atoms with Crippen LogP contribution in [0.3, 0.4) is 0 Å². The number of nitrogens with zero attached hydrogens (tertiary/aromatic N) is 1. The van der Waals surface area contributed by atoms with Crippen LogP contribution in [0.1, 0.15) is 52.9 Å². The average Bonchev–Trinajstić information content (AvgIpc) is 3.23. The number of para-hydroxylation sites is 1. The highest BCUT2D eigenvalue weighted by atomic mass is 35.5. The Kier molecular flexibility index (Phi) is 9.13. The van der Waals surface area contributed by atoms with Gasteiger partial charge in [-0.15, -0.1) is 0 Å². The first kappa shape index (κ1) is 24.9. The number of hydrogen-bond acceptors (Lipinski definition) is 4. The van der Waals surface area contributed by atoms with Gasteiger partial charge < -0.3 is 15.5 Å². The Hall–Kier alpha value is -2.32. The minimum absolute atomic E-state index is 0.275. The van der Waals surface area contributed by atoms with Crippen molar-refractivity contribution in [1.29, 1.82) is 0 Å². The van der Waals surface area contributed by atoms with E-state index in [4.69, 9.17) is 16.8 Å². The molecule has 1 fully saturated rings. The average molecular weight is 453 g/mol. The quantitative estimate of drug-likeness (QED) is 0.355. The number of carbonyl (C=O) groups excluding carboxylic acids is 3. The van der Waals surface area contributed by atoms with Crippen LogP contribution in [-0.2, 0) is 9.59 Å². The van der Waals surface area contributed by atoms with Gasteiger partial charge >= 0.3 is 6.03 Å². The van der Waals surface area contributed by atoms with Crippen molar-refractivity contribution in [2.45, 2.75) is 58.9 Å². The summed E-state index contributed by atoms with van der Waals surface area (Å²) in [5.41, 5.74) is 1.40. The van der Waals surface area contributed by atoms with E-state index < -0.39 is 23.4 Å². The molecule has 1 saturated carbocycles. The van der Waals surface area contributed by atoms with Crippen molar-refractivity contribution in [3.63, 3.8) is 0 Å². The van der Waals surface area contributed by atoms with Crippen LogP contribution in [0.5, 0.6) is 0 Å². The molecule has 1 aliphatic carbocycles. The fourth-order valence-electron chi connectivity index (χ4n) is 3.80. The monoisotopic (exact) mass is 452 g/mol. The van der Waals surface area contributed by atoms with E-state index >= 15 is 0 Å². The maximum Gasteiger partial charge on any atom is 0.319 e. The molecule has 0 saturated heterocycles. The Morgan fingerprint density at radius 2 is 1.84 bits per heavy atom. The van der Waals surface area contributed by atoms with Crippen LogP contribution in [0.25, 0.3) is 0 Å². The summed E-state index contributed by atoms with van der Waals surface area (Å²) >= 11 is 6.10. The summed E-state index contributed by atoms with van der Waals surface area (Å²) in [6.07, 6.45) is 5.40. The third kappa shape index (κ3) is 7.70. The molecule has 0 heterocycles. The van der Waals surface area contributed by atoms with E-state index in [2.05, 4.69) is 10.6 Å². The highest BCUT2D eigenvalue weighted by molar-refractivity contribution is 6.33. The zero-order valence-electron chi connectivity index (χ0n) is 18.4. The molecule has 0 aliphatic heterocycles. The lowest BCUT2D eigenvalue weighted by atomic mass is 9.85. The zero-order valence-corrected chi connectivity index (χ0v) is 19.2. The summed E-state index contributed by atoms with van der Waals surface area (Å²) < 4.78 is 0. The topological polar surface area (TPSA) is 111 Å². The molecular formula is C22H33ClN4O4. The summed E-state index contributed by atoms with van der Waals surface area (Å²) in [5, 5.41) is 14.7. The van der Waals surface area contributed by atoms with Crippen LogP contribution in [0.4, 0.5) is 10.5 Å². The lowest BCUT2D eigenvalue weighted by Gasteiger charge is -2.35. The molecule has 31 heavy (non-hydrogen) atoms. The number of halogens is 1. The van der Waals surface area contributed by atoms with Gasteiger partial charge in [0.15, 0.2) is 0 Å². The van der Waals surface area contributed by atoms with Crippen molar-refractivity contribution in [2.75, 3.05) is 18.4 Å². The van der Waals surface area contributed by atoms with Gasteiger partial charge in [0.25, 0.3) is 5.91 Å². The lowest BCUT2D eigenvalue weighted by Crippen LogP contribution is -2.57. The molecule has 1 aromatic rings. The Labute approximate surface area is 188 Å². The molecule has 1 aliphatic rings. The predicted octanol–water partition coefficient (Wildman–Crippen LogP) is 3.79. The molecule has 9 heteroatoms. The molecule has 4 N–H and O–H groups in total. The van der Waals surface area contributed by atoms with Crippen molar-refractivity contribution in [1.82, 2.24) is 15.7 Å². The summed E-state index contributed by atoms with van der Waals surface area (Å²) in [7, 11) is 0. The maximum atomic E-state index is 13.4. The minimum atomic E-state index is -0.884. The SMILES string of the molecule is CC(C)(C)C(NC(=O)Nc1ccccc1Cl)C(=O)N(CCC1CCCC1)CC(=O)NO. The fraction of sp³-hybridized carbons (Fsp3) is 0.591. The third-order valence-corrected chi connectivity index (χ3v) is 5.89. The van der Waals surface area contributed by atoms with Gasteiger partial charge in [0.2, 0.25) is 5.91 Å². The molecule has 1 atom stereocenters.